The summed E-state index contributed by atoms with van der Waals surface area (Å²) in [6.07, 6.45) is 2.62. The van der Waals surface area contributed by atoms with Crippen LogP contribution in [0.15, 0.2) is 36.5 Å². The van der Waals surface area contributed by atoms with Gasteiger partial charge in [-0.15, -0.1) is 0 Å². The van der Waals surface area contributed by atoms with Gasteiger partial charge in [-0.25, -0.2) is 0 Å². The minimum atomic E-state index is 0.173. The number of hydrogen-bond acceptors (Lipinski definition) is 3. The Bertz CT molecular complexity index is 547. The van der Waals surface area contributed by atoms with Gasteiger partial charge in [-0.1, -0.05) is 6.07 Å². The third kappa shape index (κ3) is 3.80. The summed E-state index contributed by atoms with van der Waals surface area (Å²) in [6.45, 7) is 6.05. The van der Waals surface area contributed by atoms with Crippen molar-refractivity contribution in [2.75, 3.05) is 0 Å². The van der Waals surface area contributed by atoms with E-state index in [0.29, 0.717) is 0 Å². The monoisotopic (exact) mass is 256 g/mol. The first-order valence-electron chi connectivity index (χ1n) is 6.50. The Morgan fingerprint density at radius 1 is 1.16 bits per heavy atom. The largest absolute Gasteiger partial charge is 0.456 e. The molecular weight excluding hydrogens is 236 g/mol. The predicted octanol–water partition coefficient (Wildman–Crippen LogP) is 3.38. The molecule has 0 bridgehead atoms. The van der Waals surface area contributed by atoms with Crippen LogP contribution >= 0.6 is 0 Å². The molecule has 0 aliphatic rings. The molecule has 100 valence electrons. The lowest BCUT2D eigenvalue weighted by Gasteiger charge is -2.11. The highest BCUT2D eigenvalue weighted by Crippen LogP contribution is 2.23. The molecule has 1 aromatic heterocycles. The molecule has 0 fully saturated rings. The van der Waals surface area contributed by atoms with Crippen LogP contribution in [0.3, 0.4) is 0 Å². The molecule has 0 saturated carbocycles. The molecule has 0 aliphatic carbocycles. The zero-order chi connectivity index (χ0) is 13.8. The Kier molecular flexibility index (Phi) is 4.17. The zero-order valence-corrected chi connectivity index (χ0v) is 11.7. The molecule has 3 nitrogen and oxygen atoms in total. The molecule has 19 heavy (non-hydrogen) atoms. The molecule has 2 aromatic rings. The first kappa shape index (κ1) is 13.6. The molecule has 1 unspecified atom stereocenters. The van der Waals surface area contributed by atoms with E-state index in [4.69, 9.17) is 10.5 Å². The summed E-state index contributed by atoms with van der Waals surface area (Å²) in [5.41, 5.74) is 9.28. The molecule has 3 heteroatoms. The molecule has 1 aromatic carbocycles. The summed E-state index contributed by atoms with van der Waals surface area (Å²) in [5, 5.41) is 0. The average Bonchev–Trinajstić information content (AvgIpc) is 2.35. The summed E-state index contributed by atoms with van der Waals surface area (Å²) in [5.74, 6) is 1.58. The third-order valence-electron chi connectivity index (χ3n) is 2.98. The van der Waals surface area contributed by atoms with Gasteiger partial charge in [-0.05, 0) is 62.6 Å². The summed E-state index contributed by atoms with van der Waals surface area (Å²) in [6, 6.07) is 10.1. The number of nitrogens with zero attached hydrogens (tertiary/aromatic N) is 1. The Balaban J connectivity index is 2.13. The van der Waals surface area contributed by atoms with Crippen LogP contribution in [0.5, 0.6) is 11.5 Å². The number of aryl methyl sites for hydroxylation is 2. The van der Waals surface area contributed by atoms with Crippen molar-refractivity contribution in [3.63, 3.8) is 0 Å². The van der Waals surface area contributed by atoms with Gasteiger partial charge in [-0.2, -0.15) is 0 Å². The van der Waals surface area contributed by atoms with Crippen LogP contribution < -0.4 is 10.5 Å². The fourth-order valence-electron chi connectivity index (χ4n) is 1.96. The first-order chi connectivity index (χ1) is 9.04. The van der Waals surface area contributed by atoms with Crippen LogP contribution in [-0.4, -0.2) is 11.0 Å². The van der Waals surface area contributed by atoms with Crippen molar-refractivity contribution in [2.45, 2.75) is 33.2 Å². The number of aromatic nitrogens is 1. The highest BCUT2D eigenvalue weighted by molar-refractivity contribution is 5.37. The molecule has 0 saturated heterocycles. The van der Waals surface area contributed by atoms with E-state index in [-0.39, 0.29) is 6.04 Å². The van der Waals surface area contributed by atoms with E-state index in [0.717, 1.165) is 23.6 Å². The highest BCUT2D eigenvalue weighted by atomic mass is 16.5. The van der Waals surface area contributed by atoms with Crippen molar-refractivity contribution < 1.29 is 4.74 Å². The minimum absolute atomic E-state index is 0.173. The molecule has 1 atom stereocenters. The van der Waals surface area contributed by atoms with Gasteiger partial charge in [0, 0.05) is 11.7 Å². The van der Waals surface area contributed by atoms with Crippen molar-refractivity contribution in [2.24, 2.45) is 5.73 Å². The summed E-state index contributed by atoms with van der Waals surface area (Å²) in [4.78, 5) is 4.21. The molecule has 0 radical (unpaired) electrons. The van der Waals surface area contributed by atoms with Gasteiger partial charge in [0.2, 0.25) is 0 Å². The molecule has 0 aliphatic heterocycles. The van der Waals surface area contributed by atoms with Crippen LogP contribution in [0.2, 0.25) is 0 Å². The number of rotatable bonds is 4. The number of benzene rings is 1. The van der Waals surface area contributed by atoms with E-state index in [1.807, 2.05) is 38.1 Å². The Hall–Kier alpha value is -1.87. The van der Waals surface area contributed by atoms with Gasteiger partial charge < -0.3 is 10.5 Å². The van der Waals surface area contributed by atoms with E-state index in [9.17, 15) is 0 Å². The quantitative estimate of drug-likeness (QED) is 0.912. The molecule has 1 heterocycles. The van der Waals surface area contributed by atoms with Gasteiger partial charge in [0.05, 0.1) is 6.20 Å². The third-order valence-corrected chi connectivity index (χ3v) is 2.98. The van der Waals surface area contributed by atoms with Crippen LogP contribution in [0, 0.1) is 13.8 Å². The van der Waals surface area contributed by atoms with E-state index in [1.165, 1.54) is 11.1 Å². The second-order valence-electron chi connectivity index (χ2n) is 5.01. The lowest BCUT2D eigenvalue weighted by molar-refractivity contribution is 0.479. The number of ether oxygens (including phenoxy) is 1. The number of hydrogen-bond donors (Lipinski definition) is 1. The maximum Gasteiger partial charge on any atom is 0.145 e. The van der Waals surface area contributed by atoms with Crippen LogP contribution in [0.4, 0.5) is 0 Å². The zero-order valence-electron chi connectivity index (χ0n) is 11.7. The second kappa shape index (κ2) is 5.85. The molecule has 2 N–H and O–H groups in total. The molecule has 2 rings (SSSR count). The van der Waals surface area contributed by atoms with E-state index in [1.54, 1.807) is 6.20 Å². The second-order valence-corrected chi connectivity index (χ2v) is 5.01. The average molecular weight is 256 g/mol. The highest BCUT2D eigenvalue weighted by Gasteiger charge is 2.04. The molecule has 0 amide bonds. The molecular formula is C16H20N2O. The number of pyridine rings is 1. The van der Waals surface area contributed by atoms with Crippen molar-refractivity contribution in [3.8, 4) is 11.5 Å². The van der Waals surface area contributed by atoms with Gasteiger partial charge in [0.25, 0.3) is 0 Å². The maximum absolute atomic E-state index is 5.83. The minimum Gasteiger partial charge on any atom is -0.456 e. The summed E-state index contributed by atoms with van der Waals surface area (Å²) in [7, 11) is 0. The van der Waals surface area contributed by atoms with Crippen molar-refractivity contribution in [3.05, 3.63) is 53.3 Å². The lowest BCUT2D eigenvalue weighted by Crippen LogP contribution is -2.18. The molecule has 0 spiro atoms. The lowest BCUT2D eigenvalue weighted by atomic mass is 10.0. The fraction of sp³-hybridized carbons (Fsp3) is 0.312. The fourth-order valence-corrected chi connectivity index (χ4v) is 1.96. The van der Waals surface area contributed by atoms with Crippen molar-refractivity contribution >= 4 is 0 Å². The van der Waals surface area contributed by atoms with Crippen LogP contribution in [0.1, 0.15) is 23.7 Å². The van der Waals surface area contributed by atoms with E-state index < -0.39 is 0 Å². The van der Waals surface area contributed by atoms with E-state index >= 15 is 0 Å². The van der Waals surface area contributed by atoms with Crippen molar-refractivity contribution in [1.29, 1.82) is 0 Å². The predicted molar refractivity (Wildman–Crippen MR) is 77.6 cm³/mol. The Morgan fingerprint density at radius 2 is 1.89 bits per heavy atom. The standard InChI is InChI=1S/C16H20N2O/c1-11-8-15(7-5-14(11)9-12(2)17)19-16-6-4-13(3)18-10-16/h4-8,10,12H,9,17H2,1-3H3. The summed E-state index contributed by atoms with van der Waals surface area (Å²) < 4.78 is 5.78. The van der Waals surface area contributed by atoms with Gasteiger partial charge in [0.1, 0.15) is 11.5 Å². The Labute approximate surface area is 114 Å². The number of nitrogens with two attached hydrogens (primary N) is 1. The maximum atomic E-state index is 5.83. The van der Waals surface area contributed by atoms with Gasteiger partial charge >= 0.3 is 0 Å². The van der Waals surface area contributed by atoms with Crippen LogP contribution in [0.25, 0.3) is 0 Å². The van der Waals surface area contributed by atoms with Crippen molar-refractivity contribution in [1.82, 2.24) is 4.98 Å². The Morgan fingerprint density at radius 3 is 2.47 bits per heavy atom. The smallest absolute Gasteiger partial charge is 0.145 e. The van der Waals surface area contributed by atoms with Crippen LogP contribution in [-0.2, 0) is 6.42 Å². The van der Waals surface area contributed by atoms with Gasteiger partial charge in [-0.3, -0.25) is 4.98 Å². The SMILES string of the molecule is Cc1ccc(Oc2ccc(CC(C)N)c(C)c2)cn1. The topological polar surface area (TPSA) is 48.1 Å². The summed E-state index contributed by atoms with van der Waals surface area (Å²) >= 11 is 0. The van der Waals surface area contributed by atoms with E-state index in [2.05, 4.69) is 18.0 Å². The first-order valence-corrected chi connectivity index (χ1v) is 6.50. The normalized spacial score (nSPS) is 12.2. The van der Waals surface area contributed by atoms with Gasteiger partial charge in [0.15, 0.2) is 0 Å².